The topological polar surface area (TPSA) is 79.7 Å². The molecule has 6 nitrogen and oxygen atoms in total. The van der Waals surface area contributed by atoms with Crippen LogP contribution in [-0.2, 0) is 4.74 Å². The van der Waals surface area contributed by atoms with Gasteiger partial charge in [-0.15, -0.1) is 6.58 Å². The summed E-state index contributed by atoms with van der Waals surface area (Å²) < 4.78 is 4.95. The van der Waals surface area contributed by atoms with Crippen molar-refractivity contribution in [2.75, 3.05) is 26.8 Å². The Morgan fingerprint density at radius 3 is 2.70 bits per heavy atom. The Balaban J connectivity index is 2.96. The molecule has 0 radical (unpaired) electrons. The number of carboxylic acid groups (broad SMARTS) is 1. The summed E-state index contributed by atoms with van der Waals surface area (Å²) in [5.41, 5.74) is 0.618. The van der Waals surface area contributed by atoms with E-state index < -0.39 is 5.97 Å². The van der Waals surface area contributed by atoms with E-state index in [1.54, 1.807) is 25.0 Å². The minimum absolute atomic E-state index is 0.0914. The predicted octanol–water partition coefficient (Wildman–Crippen LogP) is 1.36. The highest BCUT2D eigenvalue weighted by atomic mass is 16.5. The van der Waals surface area contributed by atoms with Gasteiger partial charge in [0, 0.05) is 20.2 Å². The van der Waals surface area contributed by atoms with Gasteiger partial charge in [-0.3, -0.25) is 4.79 Å². The molecule has 0 fully saturated rings. The van der Waals surface area contributed by atoms with Crippen molar-refractivity contribution >= 4 is 11.9 Å². The predicted molar refractivity (Wildman–Crippen MR) is 73.9 cm³/mol. The summed E-state index contributed by atoms with van der Waals surface area (Å²) in [6.45, 7) is 6.38. The van der Waals surface area contributed by atoms with Crippen LogP contribution in [0.15, 0.2) is 24.8 Å². The lowest BCUT2D eigenvalue weighted by Crippen LogP contribution is -2.34. The molecule has 0 saturated heterocycles. The van der Waals surface area contributed by atoms with Gasteiger partial charge in [0.25, 0.3) is 5.91 Å². The van der Waals surface area contributed by atoms with Crippen LogP contribution in [0.3, 0.4) is 0 Å². The van der Waals surface area contributed by atoms with Gasteiger partial charge >= 0.3 is 5.97 Å². The average Bonchev–Trinajstić information content (AvgIpc) is 2.42. The van der Waals surface area contributed by atoms with Crippen LogP contribution in [0.1, 0.15) is 26.5 Å². The molecule has 0 spiro atoms. The standard InChI is InChI=1S/C14H18N2O4/c1-4-7-16(8-9-20-3)13(17)12-6-5-11(14(18)19)10(2)15-12/h4-6H,1,7-9H2,2-3H3,(H,18,19). The van der Waals surface area contributed by atoms with Gasteiger partial charge in [0.15, 0.2) is 0 Å². The zero-order valence-corrected chi connectivity index (χ0v) is 11.6. The number of ether oxygens (including phenoxy) is 1. The highest BCUT2D eigenvalue weighted by molar-refractivity contribution is 5.94. The normalized spacial score (nSPS) is 10.1. The van der Waals surface area contributed by atoms with Crippen LogP contribution in [0, 0.1) is 6.92 Å². The second-order valence-corrected chi connectivity index (χ2v) is 4.17. The van der Waals surface area contributed by atoms with Crippen LogP contribution in [0.5, 0.6) is 0 Å². The molecule has 1 aromatic rings. The molecule has 1 N–H and O–H groups in total. The lowest BCUT2D eigenvalue weighted by Gasteiger charge is -2.20. The third-order valence-electron chi connectivity index (χ3n) is 2.74. The fourth-order valence-electron chi connectivity index (χ4n) is 1.70. The zero-order chi connectivity index (χ0) is 15.1. The molecule has 1 aromatic heterocycles. The molecule has 20 heavy (non-hydrogen) atoms. The smallest absolute Gasteiger partial charge is 0.337 e. The molecule has 0 aliphatic rings. The van der Waals surface area contributed by atoms with Crippen molar-refractivity contribution in [1.82, 2.24) is 9.88 Å². The molecule has 0 aliphatic carbocycles. The number of methoxy groups -OCH3 is 1. The van der Waals surface area contributed by atoms with E-state index in [9.17, 15) is 9.59 Å². The van der Waals surface area contributed by atoms with Crippen molar-refractivity contribution in [2.45, 2.75) is 6.92 Å². The maximum atomic E-state index is 12.3. The first-order chi connectivity index (χ1) is 9.51. The van der Waals surface area contributed by atoms with Crippen molar-refractivity contribution in [1.29, 1.82) is 0 Å². The van der Waals surface area contributed by atoms with Gasteiger partial charge in [0.2, 0.25) is 0 Å². The van der Waals surface area contributed by atoms with Crippen LogP contribution < -0.4 is 0 Å². The van der Waals surface area contributed by atoms with E-state index in [1.165, 1.54) is 12.1 Å². The Hall–Kier alpha value is -2.21. The van der Waals surface area contributed by atoms with Gasteiger partial charge in [-0.05, 0) is 19.1 Å². The Morgan fingerprint density at radius 1 is 1.50 bits per heavy atom. The van der Waals surface area contributed by atoms with E-state index in [4.69, 9.17) is 9.84 Å². The maximum absolute atomic E-state index is 12.3. The molecule has 0 atom stereocenters. The third kappa shape index (κ3) is 3.89. The average molecular weight is 278 g/mol. The number of rotatable bonds is 7. The molecule has 0 saturated carbocycles. The molecule has 1 rings (SSSR count). The summed E-state index contributed by atoms with van der Waals surface area (Å²) in [4.78, 5) is 28.8. The van der Waals surface area contributed by atoms with E-state index in [-0.39, 0.29) is 17.2 Å². The number of aromatic nitrogens is 1. The number of pyridine rings is 1. The number of amides is 1. The fourth-order valence-corrected chi connectivity index (χ4v) is 1.70. The van der Waals surface area contributed by atoms with Gasteiger partial charge in [-0.1, -0.05) is 6.08 Å². The van der Waals surface area contributed by atoms with Crippen LogP contribution in [0.25, 0.3) is 0 Å². The summed E-state index contributed by atoms with van der Waals surface area (Å²) in [6.07, 6.45) is 1.62. The van der Waals surface area contributed by atoms with Crippen molar-refractivity contribution in [3.8, 4) is 0 Å². The molecule has 0 unspecified atom stereocenters. The molecule has 1 amide bonds. The van der Waals surface area contributed by atoms with Gasteiger partial charge in [0.05, 0.1) is 17.9 Å². The summed E-state index contributed by atoms with van der Waals surface area (Å²) >= 11 is 0. The van der Waals surface area contributed by atoms with Gasteiger partial charge in [-0.2, -0.15) is 0 Å². The summed E-state index contributed by atoms with van der Waals surface area (Å²) in [5, 5.41) is 8.94. The first-order valence-corrected chi connectivity index (χ1v) is 6.11. The van der Waals surface area contributed by atoms with Crippen molar-refractivity contribution in [3.63, 3.8) is 0 Å². The van der Waals surface area contributed by atoms with Crippen LogP contribution in [0.4, 0.5) is 0 Å². The Morgan fingerprint density at radius 2 is 2.20 bits per heavy atom. The number of carboxylic acids is 1. The lowest BCUT2D eigenvalue weighted by atomic mass is 10.2. The number of carbonyl (C=O) groups excluding carboxylic acids is 1. The second kappa shape index (κ2) is 7.40. The number of aromatic carboxylic acids is 1. The van der Waals surface area contributed by atoms with Crippen LogP contribution in [-0.4, -0.2) is 53.7 Å². The van der Waals surface area contributed by atoms with Gasteiger partial charge < -0.3 is 14.7 Å². The molecular formula is C14H18N2O4. The third-order valence-corrected chi connectivity index (χ3v) is 2.74. The second-order valence-electron chi connectivity index (χ2n) is 4.17. The van der Waals surface area contributed by atoms with Crippen molar-refractivity contribution < 1.29 is 19.4 Å². The van der Waals surface area contributed by atoms with E-state index in [2.05, 4.69) is 11.6 Å². The molecular weight excluding hydrogens is 260 g/mol. The summed E-state index contributed by atoms with van der Waals surface area (Å²) in [6, 6.07) is 2.81. The van der Waals surface area contributed by atoms with Crippen molar-refractivity contribution in [3.05, 3.63) is 41.7 Å². The van der Waals surface area contributed by atoms with E-state index >= 15 is 0 Å². The SMILES string of the molecule is C=CCN(CCOC)C(=O)c1ccc(C(=O)O)c(C)n1. The first-order valence-electron chi connectivity index (χ1n) is 6.11. The Kier molecular flexibility index (Phi) is 5.86. The number of aryl methyl sites for hydroxylation is 1. The van der Waals surface area contributed by atoms with Crippen molar-refractivity contribution in [2.24, 2.45) is 0 Å². The minimum atomic E-state index is -1.06. The largest absolute Gasteiger partial charge is 0.478 e. The van der Waals surface area contributed by atoms with E-state index in [1.807, 2.05) is 0 Å². The minimum Gasteiger partial charge on any atom is -0.478 e. The summed E-state index contributed by atoms with van der Waals surface area (Å²) in [7, 11) is 1.56. The first kappa shape index (κ1) is 15.8. The highest BCUT2D eigenvalue weighted by Crippen LogP contribution is 2.09. The molecule has 0 aliphatic heterocycles. The van der Waals surface area contributed by atoms with Crippen LogP contribution in [0.2, 0.25) is 0 Å². The summed E-state index contributed by atoms with van der Waals surface area (Å²) in [5.74, 6) is -1.33. The number of hydrogen-bond donors (Lipinski definition) is 1. The van der Waals surface area contributed by atoms with E-state index in [0.29, 0.717) is 25.4 Å². The maximum Gasteiger partial charge on any atom is 0.337 e. The monoisotopic (exact) mass is 278 g/mol. The van der Waals surface area contributed by atoms with Gasteiger partial charge in [-0.25, -0.2) is 9.78 Å². The number of carbonyl (C=O) groups is 2. The molecule has 0 aromatic carbocycles. The molecule has 108 valence electrons. The number of hydrogen-bond acceptors (Lipinski definition) is 4. The van der Waals surface area contributed by atoms with E-state index in [0.717, 1.165) is 0 Å². The highest BCUT2D eigenvalue weighted by Gasteiger charge is 2.18. The molecule has 6 heteroatoms. The van der Waals surface area contributed by atoms with Gasteiger partial charge in [0.1, 0.15) is 5.69 Å². The number of nitrogens with zero attached hydrogens (tertiary/aromatic N) is 2. The zero-order valence-electron chi connectivity index (χ0n) is 11.6. The Bertz CT molecular complexity index is 514. The fraction of sp³-hybridized carbons (Fsp3) is 0.357. The molecule has 1 heterocycles. The molecule has 0 bridgehead atoms. The van der Waals surface area contributed by atoms with Crippen LogP contribution >= 0.6 is 0 Å². The Labute approximate surface area is 117 Å². The quantitative estimate of drug-likeness (QED) is 0.762. The lowest BCUT2D eigenvalue weighted by molar-refractivity contribution is 0.0687.